The first kappa shape index (κ1) is 13.8. The van der Waals surface area contributed by atoms with Crippen LogP contribution < -0.4 is 0 Å². The molecule has 1 N–H and O–H groups in total. The maximum Gasteiger partial charge on any atom is 0.411 e. The van der Waals surface area contributed by atoms with E-state index in [1.54, 1.807) is 20.8 Å². The van der Waals surface area contributed by atoms with Crippen LogP contribution in [0.3, 0.4) is 0 Å². The first-order valence-corrected chi connectivity index (χ1v) is 6.46. The van der Waals surface area contributed by atoms with Crippen molar-refractivity contribution in [3.8, 4) is 0 Å². The van der Waals surface area contributed by atoms with Crippen LogP contribution in [0.5, 0.6) is 0 Å². The van der Waals surface area contributed by atoms with Gasteiger partial charge in [-0.3, -0.25) is 9.69 Å². The Morgan fingerprint density at radius 3 is 2.53 bits per heavy atom. The van der Waals surface area contributed by atoms with Crippen molar-refractivity contribution in [3.63, 3.8) is 0 Å². The Balaban J connectivity index is 2.18. The highest BCUT2D eigenvalue weighted by atomic mass is 16.6. The van der Waals surface area contributed by atoms with Crippen molar-refractivity contribution in [1.82, 2.24) is 4.90 Å². The third kappa shape index (κ3) is 2.57. The van der Waals surface area contributed by atoms with Crippen LogP contribution in [0.4, 0.5) is 4.79 Å². The molecule has 0 radical (unpaired) electrons. The summed E-state index contributed by atoms with van der Waals surface area (Å²) in [5.41, 5.74) is -0.679. The van der Waals surface area contributed by atoms with E-state index in [0.29, 0.717) is 12.8 Å². The van der Waals surface area contributed by atoms with Crippen molar-refractivity contribution < 1.29 is 24.2 Å². The number of carbonyl (C=O) groups excluding carboxylic acids is 2. The van der Waals surface area contributed by atoms with Gasteiger partial charge in [-0.25, -0.2) is 9.59 Å². The van der Waals surface area contributed by atoms with Crippen molar-refractivity contribution in [2.75, 3.05) is 6.54 Å². The molecule has 0 bridgehead atoms. The van der Waals surface area contributed by atoms with Gasteiger partial charge >= 0.3 is 12.1 Å². The largest absolute Gasteiger partial charge is 0.480 e. The van der Waals surface area contributed by atoms with Gasteiger partial charge in [0.25, 0.3) is 0 Å². The van der Waals surface area contributed by atoms with E-state index in [0.717, 1.165) is 0 Å². The fourth-order valence-corrected chi connectivity index (χ4v) is 2.93. The molecule has 1 heterocycles. The Morgan fingerprint density at radius 1 is 1.37 bits per heavy atom. The number of carboxylic acids is 1. The zero-order valence-electron chi connectivity index (χ0n) is 11.4. The maximum absolute atomic E-state index is 12.0. The molecular weight excluding hydrogens is 250 g/mol. The zero-order chi connectivity index (χ0) is 14.4. The lowest BCUT2D eigenvalue weighted by Crippen LogP contribution is -2.45. The third-order valence-corrected chi connectivity index (χ3v) is 3.67. The molecule has 1 aliphatic heterocycles. The Bertz CT molecular complexity index is 425. The van der Waals surface area contributed by atoms with Crippen LogP contribution in [-0.2, 0) is 14.3 Å². The molecule has 1 saturated heterocycles. The van der Waals surface area contributed by atoms with Crippen LogP contribution in [0, 0.1) is 11.8 Å². The molecule has 2 fully saturated rings. The summed E-state index contributed by atoms with van der Waals surface area (Å²) in [5.74, 6) is -1.61. The number of carboxylic acid groups (broad SMARTS) is 1. The summed E-state index contributed by atoms with van der Waals surface area (Å²) in [6.45, 7) is 5.34. The van der Waals surface area contributed by atoms with E-state index in [9.17, 15) is 19.5 Å². The van der Waals surface area contributed by atoms with Crippen LogP contribution >= 0.6 is 0 Å². The average molecular weight is 269 g/mol. The van der Waals surface area contributed by atoms with Gasteiger partial charge in [0.15, 0.2) is 0 Å². The smallest absolute Gasteiger partial charge is 0.411 e. The topological polar surface area (TPSA) is 83.9 Å². The van der Waals surface area contributed by atoms with Gasteiger partial charge in [-0.15, -0.1) is 0 Å². The van der Waals surface area contributed by atoms with E-state index >= 15 is 0 Å². The first-order valence-electron chi connectivity index (χ1n) is 6.46. The van der Waals surface area contributed by atoms with Crippen molar-refractivity contribution in [1.29, 1.82) is 0 Å². The predicted molar refractivity (Wildman–Crippen MR) is 65.6 cm³/mol. The number of hydrogen-bond donors (Lipinski definition) is 1. The standard InChI is InChI=1S/C13H19NO5/c1-13(2,3)19-12(18)14-6-8-7(4-5-9(8)15)10(14)11(16)17/h7-8,10H,4-6H2,1-3H3,(H,16,17)/t7-,8-,10-/m0/s1. The number of aliphatic carboxylic acids is 1. The Labute approximate surface area is 111 Å². The highest BCUT2D eigenvalue weighted by Gasteiger charge is 2.53. The Hall–Kier alpha value is -1.59. The molecule has 0 spiro atoms. The van der Waals surface area contributed by atoms with Crippen molar-refractivity contribution in [3.05, 3.63) is 0 Å². The minimum Gasteiger partial charge on any atom is -0.480 e. The lowest BCUT2D eigenvalue weighted by molar-refractivity contribution is -0.143. The highest BCUT2D eigenvalue weighted by molar-refractivity contribution is 5.89. The normalized spacial score (nSPS) is 30.4. The molecule has 2 rings (SSSR count). The number of hydrogen-bond acceptors (Lipinski definition) is 4. The van der Waals surface area contributed by atoms with Gasteiger partial charge in [0.1, 0.15) is 17.4 Å². The van der Waals surface area contributed by atoms with Gasteiger partial charge in [-0.2, -0.15) is 0 Å². The van der Waals surface area contributed by atoms with Crippen LogP contribution in [0.15, 0.2) is 0 Å². The zero-order valence-corrected chi connectivity index (χ0v) is 11.4. The molecule has 1 saturated carbocycles. The van der Waals surface area contributed by atoms with Gasteiger partial charge in [-0.05, 0) is 27.2 Å². The van der Waals surface area contributed by atoms with Crippen LogP contribution in [0.1, 0.15) is 33.6 Å². The van der Waals surface area contributed by atoms with Crippen LogP contribution in [-0.4, -0.2) is 46.0 Å². The quantitative estimate of drug-likeness (QED) is 0.775. The summed E-state index contributed by atoms with van der Waals surface area (Å²) in [7, 11) is 0. The molecular formula is C13H19NO5. The number of carbonyl (C=O) groups is 3. The van der Waals surface area contributed by atoms with Gasteiger partial charge in [0.05, 0.1) is 0 Å². The second-order valence-electron chi connectivity index (χ2n) is 6.19. The van der Waals surface area contributed by atoms with Crippen molar-refractivity contribution in [2.24, 2.45) is 11.8 Å². The number of fused-ring (bicyclic) bond motifs is 1. The summed E-state index contributed by atoms with van der Waals surface area (Å²) in [6, 6.07) is -0.939. The Morgan fingerprint density at radius 2 is 2.00 bits per heavy atom. The molecule has 1 aliphatic carbocycles. The van der Waals surface area contributed by atoms with E-state index in [1.807, 2.05) is 0 Å². The number of amides is 1. The fourth-order valence-electron chi connectivity index (χ4n) is 2.93. The second kappa shape index (κ2) is 4.51. The summed E-state index contributed by atoms with van der Waals surface area (Å²) >= 11 is 0. The molecule has 1 amide bonds. The number of nitrogens with zero attached hydrogens (tertiary/aromatic N) is 1. The van der Waals surface area contributed by atoms with E-state index in [1.165, 1.54) is 4.90 Å². The summed E-state index contributed by atoms with van der Waals surface area (Å²) in [5, 5.41) is 9.30. The lowest BCUT2D eigenvalue weighted by Gasteiger charge is -2.28. The highest BCUT2D eigenvalue weighted by Crippen LogP contribution is 2.40. The number of rotatable bonds is 1. The van der Waals surface area contributed by atoms with Crippen LogP contribution in [0.25, 0.3) is 0 Å². The molecule has 106 valence electrons. The minimum atomic E-state index is -1.06. The molecule has 6 nitrogen and oxygen atoms in total. The molecule has 0 aromatic rings. The number of likely N-dealkylation sites (tertiary alicyclic amines) is 1. The van der Waals surface area contributed by atoms with Crippen molar-refractivity contribution in [2.45, 2.75) is 45.3 Å². The molecule has 0 aromatic carbocycles. The third-order valence-electron chi connectivity index (χ3n) is 3.67. The van der Waals surface area contributed by atoms with Gasteiger partial charge < -0.3 is 9.84 Å². The SMILES string of the molecule is CC(C)(C)OC(=O)N1C[C@@H]2C(=O)CC[C@@H]2[C@H]1C(=O)O. The number of ether oxygens (including phenoxy) is 1. The van der Waals surface area contributed by atoms with Gasteiger partial charge in [0, 0.05) is 24.8 Å². The predicted octanol–water partition coefficient (Wildman–Crippen LogP) is 1.29. The maximum atomic E-state index is 12.0. The minimum absolute atomic E-state index is 0.0577. The second-order valence-corrected chi connectivity index (χ2v) is 6.19. The Kier molecular flexibility index (Phi) is 3.28. The fraction of sp³-hybridized carbons (Fsp3) is 0.769. The van der Waals surface area contributed by atoms with Gasteiger partial charge in [0.2, 0.25) is 0 Å². The molecule has 0 unspecified atom stereocenters. The van der Waals surface area contributed by atoms with Crippen molar-refractivity contribution >= 4 is 17.8 Å². The van der Waals surface area contributed by atoms with E-state index in [4.69, 9.17) is 4.74 Å². The number of ketones is 1. The molecule has 2 aliphatic rings. The summed E-state index contributed by atoms with van der Waals surface area (Å²) < 4.78 is 5.21. The summed E-state index contributed by atoms with van der Waals surface area (Å²) in [4.78, 5) is 36.3. The van der Waals surface area contributed by atoms with E-state index < -0.39 is 23.7 Å². The monoisotopic (exact) mass is 269 g/mol. The molecule has 19 heavy (non-hydrogen) atoms. The van der Waals surface area contributed by atoms with E-state index in [2.05, 4.69) is 0 Å². The molecule has 0 aromatic heterocycles. The summed E-state index contributed by atoms with van der Waals surface area (Å²) in [6.07, 6.45) is 0.309. The lowest BCUT2D eigenvalue weighted by atomic mass is 9.94. The average Bonchev–Trinajstić information content (AvgIpc) is 2.76. The van der Waals surface area contributed by atoms with E-state index in [-0.39, 0.29) is 24.2 Å². The van der Waals surface area contributed by atoms with Crippen LogP contribution in [0.2, 0.25) is 0 Å². The number of Topliss-reactive ketones (excluding diaryl/α,β-unsaturated/α-hetero) is 1. The molecule has 3 atom stereocenters. The first-order chi connectivity index (χ1) is 8.70. The molecule has 6 heteroatoms. The van der Waals surface area contributed by atoms with Gasteiger partial charge in [-0.1, -0.05) is 0 Å².